The number of carbonyl (C=O) groups excluding carboxylic acids is 1. The minimum Gasteiger partial charge on any atom is -0.340 e. The van der Waals surface area contributed by atoms with Crippen LogP contribution in [0.2, 0.25) is 0 Å². The van der Waals surface area contributed by atoms with E-state index in [1.54, 1.807) is 0 Å². The van der Waals surface area contributed by atoms with Crippen molar-refractivity contribution in [3.8, 4) is 0 Å². The maximum Gasteiger partial charge on any atom is 0.222 e. The number of hydrogen-bond acceptors (Lipinski definition) is 3. The number of likely N-dealkylation sites (N-methyl/N-ethyl adjacent to an activating group) is 1. The lowest BCUT2D eigenvalue weighted by Crippen LogP contribution is -2.56. The summed E-state index contributed by atoms with van der Waals surface area (Å²) in [4.78, 5) is 16.6. The summed E-state index contributed by atoms with van der Waals surface area (Å²) in [7, 11) is 2.14. The molecular formula is C14H29N3O. The maximum absolute atomic E-state index is 12.2. The van der Waals surface area contributed by atoms with Crippen molar-refractivity contribution in [1.82, 2.24) is 9.80 Å². The van der Waals surface area contributed by atoms with Gasteiger partial charge in [-0.2, -0.15) is 0 Å². The topological polar surface area (TPSA) is 49.6 Å². The van der Waals surface area contributed by atoms with E-state index in [1.807, 2.05) is 4.90 Å². The van der Waals surface area contributed by atoms with Crippen molar-refractivity contribution in [1.29, 1.82) is 0 Å². The van der Waals surface area contributed by atoms with Gasteiger partial charge in [0.05, 0.1) is 0 Å². The van der Waals surface area contributed by atoms with E-state index >= 15 is 0 Å². The smallest absolute Gasteiger partial charge is 0.222 e. The van der Waals surface area contributed by atoms with Gasteiger partial charge in [-0.05, 0) is 46.2 Å². The fourth-order valence-corrected chi connectivity index (χ4v) is 2.56. The van der Waals surface area contributed by atoms with Crippen molar-refractivity contribution in [3.05, 3.63) is 0 Å². The second-order valence-electron chi connectivity index (χ2n) is 5.88. The predicted octanol–water partition coefficient (Wildman–Crippen LogP) is 1.30. The van der Waals surface area contributed by atoms with Gasteiger partial charge in [0.25, 0.3) is 0 Å². The minimum atomic E-state index is 0.311. The molecule has 0 aliphatic carbocycles. The van der Waals surface area contributed by atoms with Crippen molar-refractivity contribution < 1.29 is 4.79 Å². The minimum absolute atomic E-state index is 0.311. The molecule has 2 N–H and O–H groups in total. The van der Waals surface area contributed by atoms with Crippen molar-refractivity contribution in [2.75, 3.05) is 26.7 Å². The number of hydrogen-bond donors (Lipinski definition) is 1. The van der Waals surface area contributed by atoms with Crippen LogP contribution in [0.25, 0.3) is 0 Å². The summed E-state index contributed by atoms with van der Waals surface area (Å²) in [6.45, 7) is 9.00. The predicted molar refractivity (Wildman–Crippen MR) is 75.3 cm³/mol. The van der Waals surface area contributed by atoms with E-state index in [0.29, 0.717) is 30.3 Å². The van der Waals surface area contributed by atoms with Crippen molar-refractivity contribution in [3.63, 3.8) is 0 Å². The normalized spacial score (nSPS) is 27.3. The lowest BCUT2D eigenvalue weighted by Gasteiger charge is -2.42. The molecule has 1 saturated heterocycles. The van der Waals surface area contributed by atoms with Crippen LogP contribution in [0.3, 0.4) is 0 Å². The van der Waals surface area contributed by atoms with Crippen molar-refractivity contribution in [2.24, 2.45) is 11.7 Å². The van der Waals surface area contributed by atoms with Crippen LogP contribution in [0.4, 0.5) is 0 Å². The van der Waals surface area contributed by atoms with Crippen LogP contribution in [0, 0.1) is 5.92 Å². The quantitative estimate of drug-likeness (QED) is 0.805. The van der Waals surface area contributed by atoms with E-state index < -0.39 is 0 Å². The number of nitrogens with two attached hydrogens (primary N) is 1. The van der Waals surface area contributed by atoms with Gasteiger partial charge in [0.15, 0.2) is 0 Å². The Morgan fingerprint density at radius 2 is 1.83 bits per heavy atom. The standard InChI is InChI=1S/C14H29N3O/c1-11(7-8-15)5-6-14(18)17-9-12(2)16(4)13(3)10-17/h11-13H,5-10,15H2,1-4H3. The number of amides is 1. The molecule has 0 saturated carbocycles. The molecule has 0 spiro atoms. The Kier molecular flexibility index (Phi) is 6.09. The van der Waals surface area contributed by atoms with Gasteiger partial charge < -0.3 is 10.6 Å². The molecule has 0 aromatic carbocycles. The molecule has 1 fully saturated rings. The lowest BCUT2D eigenvalue weighted by molar-refractivity contribution is -0.135. The van der Waals surface area contributed by atoms with Crippen molar-refractivity contribution >= 4 is 5.91 Å². The molecular weight excluding hydrogens is 226 g/mol. The molecule has 0 aromatic heterocycles. The maximum atomic E-state index is 12.2. The molecule has 18 heavy (non-hydrogen) atoms. The molecule has 3 unspecified atom stereocenters. The zero-order valence-corrected chi connectivity index (χ0v) is 12.4. The van der Waals surface area contributed by atoms with E-state index in [0.717, 1.165) is 32.5 Å². The Morgan fingerprint density at radius 3 is 2.33 bits per heavy atom. The van der Waals surface area contributed by atoms with Gasteiger partial charge in [-0.3, -0.25) is 9.69 Å². The molecule has 1 heterocycles. The van der Waals surface area contributed by atoms with Gasteiger partial charge in [0.2, 0.25) is 5.91 Å². The fourth-order valence-electron chi connectivity index (χ4n) is 2.56. The zero-order valence-electron chi connectivity index (χ0n) is 12.4. The van der Waals surface area contributed by atoms with Gasteiger partial charge in [0.1, 0.15) is 0 Å². The molecule has 4 nitrogen and oxygen atoms in total. The summed E-state index contributed by atoms with van der Waals surface area (Å²) in [5.74, 6) is 0.868. The Labute approximate surface area is 111 Å². The van der Waals surface area contributed by atoms with E-state index in [-0.39, 0.29) is 0 Å². The third-order valence-corrected chi connectivity index (χ3v) is 4.22. The monoisotopic (exact) mass is 255 g/mol. The van der Waals surface area contributed by atoms with E-state index in [4.69, 9.17) is 5.73 Å². The summed E-state index contributed by atoms with van der Waals surface area (Å²) in [6.07, 6.45) is 2.65. The summed E-state index contributed by atoms with van der Waals surface area (Å²) in [6, 6.07) is 0.915. The largest absolute Gasteiger partial charge is 0.340 e. The third-order valence-electron chi connectivity index (χ3n) is 4.22. The lowest BCUT2D eigenvalue weighted by atomic mass is 10.0. The molecule has 1 aliphatic rings. The first-order valence-electron chi connectivity index (χ1n) is 7.15. The first-order valence-corrected chi connectivity index (χ1v) is 7.15. The van der Waals surface area contributed by atoms with Crippen molar-refractivity contribution in [2.45, 2.75) is 52.1 Å². The van der Waals surface area contributed by atoms with E-state index in [1.165, 1.54) is 0 Å². The molecule has 0 radical (unpaired) electrons. The molecule has 1 rings (SSSR count). The summed E-state index contributed by atoms with van der Waals surface area (Å²) < 4.78 is 0. The number of rotatable bonds is 5. The molecule has 1 amide bonds. The number of piperazine rings is 1. The van der Waals surface area contributed by atoms with Gasteiger partial charge in [0, 0.05) is 31.6 Å². The van der Waals surface area contributed by atoms with Gasteiger partial charge in [-0.15, -0.1) is 0 Å². The SMILES string of the molecule is CC(CCN)CCC(=O)N1CC(C)N(C)C(C)C1. The average Bonchev–Trinajstić information content (AvgIpc) is 2.32. The zero-order chi connectivity index (χ0) is 13.7. The second-order valence-corrected chi connectivity index (χ2v) is 5.88. The fraction of sp³-hybridized carbons (Fsp3) is 0.929. The second kappa shape index (κ2) is 7.10. The average molecular weight is 255 g/mol. The van der Waals surface area contributed by atoms with E-state index in [2.05, 4.69) is 32.7 Å². The van der Waals surface area contributed by atoms with Gasteiger partial charge >= 0.3 is 0 Å². The molecule has 1 aliphatic heterocycles. The Bertz CT molecular complexity index is 258. The van der Waals surface area contributed by atoms with E-state index in [9.17, 15) is 4.79 Å². The van der Waals surface area contributed by atoms with Crippen LogP contribution in [-0.2, 0) is 4.79 Å². The third kappa shape index (κ3) is 4.25. The van der Waals surface area contributed by atoms with Crippen LogP contribution in [0.1, 0.15) is 40.0 Å². The Morgan fingerprint density at radius 1 is 1.28 bits per heavy atom. The van der Waals surface area contributed by atoms with Crippen LogP contribution >= 0.6 is 0 Å². The highest BCUT2D eigenvalue weighted by Gasteiger charge is 2.28. The van der Waals surface area contributed by atoms with Crippen LogP contribution in [-0.4, -0.2) is 54.5 Å². The van der Waals surface area contributed by atoms with Crippen LogP contribution in [0.15, 0.2) is 0 Å². The van der Waals surface area contributed by atoms with Crippen LogP contribution in [0.5, 0.6) is 0 Å². The summed E-state index contributed by atoms with van der Waals surface area (Å²) >= 11 is 0. The first-order chi connectivity index (χ1) is 8.45. The van der Waals surface area contributed by atoms with Crippen LogP contribution < -0.4 is 5.73 Å². The summed E-state index contributed by atoms with van der Waals surface area (Å²) in [5.41, 5.74) is 5.53. The first kappa shape index (κ1) is 15.4. The number of nitrogens with zero attached hydrogens (tertiary/aromatic N) is 2. The molecule has 3 atom stereocenters. The Hall–Kier alpha value is -0.610. The highest BCUT2D eigenvalue weighted by molar-refractivity contribution is 5.76. The van der Waals surface area contributed by atoms with Gasteiger partial charge in [-0.1, -0.05) is 6.92 Å². The highest BCUT2D eigenvalue weighted by Crippen LogP contribution is 2.16. The molecule has 0 bridgehead atoms. The molecule has 0 aromatic rings. The molecule has 106 valence electrons. The molecule has 4 heteroatoms. The number of carbonyl (C=O) groups is 1. The highest BCUT2D eigenvalue weighted by atomic mass is 16.2. The Balaban J connectivity index is 2.38. The summed E-state index contributed by atoms with van der Waals surface area (Å²) in [5, 5.41) is 0. The van der Waals surface area contributed by atoms with Gasteiger partial charge in [-0.25, -0.2) is 0 Å².